The molecule has 232 valence electrons. The molecule has 0 saturated heterocycles. The summed E-state index contributed by atoms with van der Waals surface area (Å²) < 4.78 is 5.57. The average molecular weight is 577 g/mol. The van der Waals surface area contributed by atoms with Crippen LogP contribution >= 0.6 is 0 Å². The maximum atomic E-state index is 12.3. The number of aromatic hydroxyl groups is 1. The van der Waals surface area contributed by atoms with Crippen molar-refractivity contribution in [2.24, 2.45) is 52.3 Å². The Hall–Kier alpha value is -2.07. The SMILES string of the molecule is CC(C)[C@H](CCOC(=O)C=Cc1ccc(O)cc1)CC[C@@H](C)[C@H]1CC[C@H]2[C@@H]3CC=C4C[C@@H](O)CC[C@]4(C)[C@H]3CC[C@]12C. The largest absolute Gasteiger partial charge is 0.508 e. The minimum absolute atomic E-state index is 0.124. The first-order valence-corrected chi connectivity index (χ1v) is 17.0. The van der Waals surface area contributed by atoms with Crippen LogP contribution in [0.15, 0.2) is 42.0 Å². The molecular formula is C38H56O4. The zero-order valence-corrected chi connectivity index (χ0v) is 26.9. The molecule has 5 rings (SSSR count). The van der Waals surface area contributed by atoms with Crippen molar-refractivity contribution in [1.29, 1.82) is 0 Å². The summed E-state index contributed by atoms with van der Waals surface area (Å²) in [6.45, 7) is 12.8. The molecule has 3 saturated carbocycles. The molecule has 9 atom stereocenters. The fourth-order valence-corrected chi connectivity index (χ4v) is 10.2. The summed E-state index contributed by atoms with van der Waals surface area (Å²) >= 11 is 0. The van der Waals surface area contributed by atoms with Crippen LogP contribution in [0, 0.1) is 52.3 Å². The number of allylic oxidation sites excluding steroid dienone is 1. The predicted octanol–water partition coefficient (Wildman–Crippen LogP) is 8.97. The lowest BCUT2D eigenvalue weighted by Crippen LogP contribution is -2.50. The van der Waals surface area contributed by atoms with Crippen LogP contribution in [0.2, 0.25) is 0 Å². The normalized spacial score (nSPS) is 35.7. The van der Waals surface area contributed by atoms with Crippen molar-refractivity contribution in [2.75, 3.05) is 6.61 Å². The summed E-state index contributed by atoms with van der Waals surface area (Å²) in [6.07, 6.45) is 18.9. The van der Waals surface area contributed by atoms with Crippen molar-refractivity contribution in [3.63, 3.8) is 0 Å². The third-order valence-electron chi connectivity index (χ3n) is 12.8. The van der Waals surface area contributed by atoms with Gasteiger partial charge in [-0.2, -0.15) is 0 Å². The van der Waals surface area contributed by atoms with Crippen molar-refractivity contribution in [1.82, 2.24) is 0 Å². The molecule has 2 N–H and O–H groups in total. The Bertz CT molecular complexity index is 1130. The van der Waals surface area contributed by atoms with Crippen LogP contribution in [0.4, 0.5) is 0 Å². The molecule has 1 aromatic carbocycles. The molecule has 0 radical (unpaired) electrons. The summed E-state index contributed by atoms with van der Waals surface area (Å²) in [4.78, 5) is 12.3. The highest BCUT2D eigenvalue weighted by atomic mass is 16.5. The Morgan fingerprint density at radius 3 is 2.50 bits per heavy atom. The zero-order chi connectivity index (χ0) is 30.1. The van der Waals surface area contributed by atoms with E-state index in [4.69, 9.17) is 4.74 Å². The van der Waals surface area contributed by atoms with Crippen LogP contribution < -0.4 is 0 Å². The molecule has 0 unspecified atom stereocenters. The number of hydrogen-bond donors (Lipinski definition) is 2. The van der Waals surface area contributed by atoms with E-state index in [-0.39, 0.29) is 17.8 Å². The van der Waals surface area contributed by atoms with E-state index < -0.39 is 0 Å². The van der Waals surface area contributed by atoms with Crippen LogP contribution in [0.3, 0.4) is 0 Å². The molecular weight excluding hydrogens is 520 g/mol. The van der Waals surface area contributed by atoms with E-state index >= 15 is 0 Å². The maximum absolute atomic E-state index is 12.3. The number of phenols is 1. The lowest BCUT2D eigenvalue weighted by molar-refractivity contribution is -0.138. The minimum atomic E-state index is -0.303. The summed E-state index contributed by atoms with van der Waals surface area (Å²) in [5.41, 5.74) is 3.22. The first-order chi connectivity index (χ1) is 20.0. The topological polar surface area (TPSA) is 66.8 Å². The fraction of sp³-hybridized carbons (Fsp3) is 0.711. The number of carbonyl (C=O) groups is 1. The number of ether oxygens (including phenoxy) is 1. The summed E-state index contributed by atoms with van der Waals surface area (Å²) in [6, 6.07) is 6.78. The van der Waals surface area contributed by atoms with Crippen LogP contribution in [0.25, 0.3) is 6.08 Å². The fourth-order valence-electron chi connectivity index (χ4n) is 10.2. The van der Waals surface area contributed by atoms with Crippen molar-refractivity contribution in [3.05, 3.63) is 47.6 Å². The molecule has 4 heteroatoms. The third kappa shape index (κ3) is 6.40. The molecule has 0 aromatic heterocycles. The van der Waals surface area contributed by atoms with Crippen molar-refractivity contribution in [3.8, 4) is 5.75 Å². The van der Waals surface area contributed by atoms with Crippen LogP contribution in [-0.4, -0.2) is 28.9 Å². The molecule has 0 aliphatic heterocycles. The van der Waals surface area contributed by atoms with Gasteiger partial charge < -0.3 is 14.9 Å². The number of carbonyl (C=O) groups excluding carboxylic acids is 1. The monoisotopic (exact) mass is 576 g/mol. The van der Waals surface area contributed by atoms with E-state index in [1.54, 1.807) is 35.9 Å². The van der Waals surface area contributed by atoms with Gasteiger partial charge in [0, 0.05) is 6.08 Å². The van der Waals surface area contributed by atoms with E-state index in [1.807, 2.05) is 0 Å². The van der Waals surface area contributed by atoms with Gasteiger partial charge in [-0.15, -0.1) is 0 Å². The number of aliphatic hydroxyl groups is 1. The van der Waals surface area contributed by atoms with Crippen LogP contribution in [-0.2, 0) is 9.53 Å². The number of benzene rings is 1. The molecule has 0 heterocycles. The van der Waals surface area contributed by atoms with Gasteiger partial charge in [-0.3, -0.25) is 0 Å². The lowest BCUT2D eigenvalue weighted by Gasteiger charge is -2.58. The number of rotatable bonds is 10. The van der Waals surface area contributed by atoms with E-state index in [2.05, 4.69) is 40.7 Å². The number of fused-ring (bicyclic) bond motifs is 5. The highest BCUT2D eigenvalue weighted by molar-refractivity contribution is 5.87. The van der Waals surface area contributed by atoms with Crippen LogP contribution in [0.5, 0.6) is 5.75 Å². The summed E-state index contributed by atoms with van der Waals surface area (Å²) in [7, 11) is 0. The Morgan fingerprint density at radius 1 is 1.00 bits per heavy atom. The Balaban J connectivity index is 1.12. The van der Waals surface area contributed by atoms with Crippen LogP contribution in [0.1, 0.15) is 111 Å². The summed E-state index contributed by atoms with van der Waals surface area (Å²) in [5.74, 6) is 5.06. The van der Waals surface area contributed by atoms with E-state index in [0.29, 0.717) is 29.3 Å². The van der Waals surface area contributed by atoms with Gasteiger partial charge in [-0.05, 0) is 140 Å². The van der Waals surface area contributed by atoms with Crippen molar-refractivity contribution < 1.29 is 19.7 Å². The molecule has 4 aliphatic rings. The van der Waals surface area contributed by atoms with Crippen molar-refractivity contribution >= 4 is 12.0 Å². The van der Waals surface area contributed by atoms with Gasteiger partial charge in [-0.25, -0.2) is 4.79 Å². The van der Waals surface area contributed by atoms with E-state index in [1.165, 1.54) is 57.4 Å². The molecule has 3 fully saturated rings. The van der Waals surface area contributed by atoms with Gasteiger partial charge in [0.05, 0.1) is 12.7 Å². The standard InChI is InChI=1S/C38H56O4/c1-25(2)28(20-23-42-36(41)17-9-27-7-12-30(39)13-8-27)10-6-26(3)33-15-16-34-32-14-11-29-24-31(40)18-21-37(29,4)35(32)19-22-38(33,34)5/h7-9,11-13,17,25-26,28,31-35,39-40H,6,10,14-16,18-24H2,1-5H3/t26-,28+,31+,32+,33-,34+,35+,37+,38-/m1/s1. The minimum Gasteiger partial charge on any atom is -0.508 e. The predicted molar refractivity (Wildman–Crippen MR) is 171 cm³/mol. The summed E-state index contributed by atoms with van der Waals surface area (Å²) in [5, 5.41) is 19.8. The van der Waals surface area contributed by atoms with Gasteiger partial charge >= 0.3 is 5.97 Å². The number of esters is 1. The zero-order valence-electron chi connectivity index (χ0n) is 26.9. The van der Waals surface area contributed by atoms with Gasteiger partial charge in [0.15, 0.2) is 0 Å². The average Bonchev–Trinajstić information content (AvgIpc) is 3.32. The van der Waals surface area contributed by atoms with E-state index in [9.17, 15) is 15.0 Å². The quantitative estimate of drug-likeness (QED) is 0.166. The Labute approximate surface area is 255 Å². The lowest BCUT2D eigenvalue weighted by atomic mass is 9.47. The number of hydrogen-bond acceptors (Lipinski definition) is 4. The highest BCUT2D eigenvalue weighted by Crippen LogP contribution is 2.67. The molecule has 0 spiro atoms. The van der Waals surface area contributed by atoms with Gasteiger partial charge in [0.25, 0.3) is 0 Å². The third-order valence-corrected chi connectivity index (χ3v) is 12.8. The molecule has 0 bridgehead atoms. The van der Waals surface area contributed by atoms with E-state index in [0.717, 1.165) is 54.4 Å². The molecule has 4 nitrogen and oxygen atoms in total. The maximum Gasteiger partial charge on any atom is 0.330 e. The smallest absolute Gasteiger partial charge is 0.330 e. The first kappa shape index (κ1) is 31.4. The van der Waals surface area contributed by atoms with Crippen molar-refractivity contribution in [2.45, 2.75) is 111 Å². The first-order valence-electron chi connectivity index (χ1n) is 17.0. The molecule has 42 heavy (non-hydrogen) atoms. The molecule has 1 aromatic rings. The Kier molecular flexibility index (Phi) is 9.62. The molecule has 0 amide bonds. The second-order valence-corrected chi connectivity index (χ2v) is 15.3. The Morgan fingerprint density at radius 2 is 1.76 bits per heavy atom. The number of aliphatic hydroxyl groups excluding tert-OH is 1. The molecule has 4 aliphatic carbocycles. The van der Waals surface area contributed by atoms with Gasteiger partial charge in [0.2, 0.25) is 0 Å². The number of phenolic OH excluding ortho intramolecular Hbond substituents is 1. The van der Waals surface area contributed by atoms with Gasteiger partial charge in [0.1, 0.15) is 5.75 Å². The second-order valence-electron chi connectivity index (χ2n) is 15.3. The second kappa shape index (κ2) is 12.9. The highest BCUT2D eigenvalue weighted by Gasteiger charge is 2.59. The van der Waals surface area contributed by atoms with Gasteiger partial charge in [-0.1, -0.05) is 64.8 Å².